The van der Waals surface area contributed by atoms with Gasteiger partial charge in [-0.05, 0) is 41.3 Å². The first-order valence-electron chi connectivity index (χ1n) is 12.8. The molecule has 43 heavy (non-hydrogen) atoms. The van der Waals surface area contributed by atoms with Gasteiger partial charge in [-0.15, -0.1) is 5.84 Å². The molecular weight excluding hydrogens is 626 g/mol. The molecule has 2 amide bonds. The van der Waals surface area contributed by atoms with Crippen molar-refractivity contribution in [1.82, 2.24) is 10.3 Å². The van der Waals surface area contributed by atoms with Gasteiger partial charge in [-0.25, -0.2) is 9.37 Å². The number of aliphatic imine (C=N–C) groups is 1. The molecule has 3 rings (SSSR count). The smallest absolute Gasteiger partial charge is 0.204 e. The number of nitrogens with one attached hydrogen (secondary N) is 1. The molecular formula is C30H34FN9O2Y-2. The van der Waals surface area contributed by atoms with E-state index in [2.05, 4.69) is 36.9 Å². The van der Waals surface area contributed by atoms with Gasteiger partial charge in [-0.3, -0.25) is 9.79 Å². The van der Waals surface area contributed by atoms with E-state index in [1.165, 1.54) is 18.3 Å². The Labute approximate surface area is 275 Å². The fourth-order valence-electron chi connectivity index (χ4n) is 3.62. The Balaban J connectivity index is 0.00000221. The van der Waals surface area contributed by atoms with Crippen LogP contribution in [0.25, 0.3) is 33.0 Å². The second-order valence-electron chi connectivity index (χ2n) is 8.44. The monoisotopic (exact) mass is 660 g/mol. The van der Waals surface area contributed by atoms with Gasteiger partial charge in [-0.1, -0.05) is 50.4 Å². The third kappa shape index (κ3) is 11.4. The Morgan fingerprint density at radius 1 is 1.09 bits per heavy atom. The number of rotatable bonds is 10. The van der Waals surface area contributed by atoms with E-state index in [0.29, 0.717) is 46.9 Å². The predicted octanol–water partition coefficient (Wildman–Crippen LogP) is 4.33. The molecule has 0 bridgehead atoms. The summed E-state index contributed by atoms with van der Waals surface area (Å²) in [6, 6.07) is 15.3. The van der Waals surface area contributed by atoms with E-state index in [-0.39, 0.29) is 44.9 Å². The molecule has 0 unspecified atom stereocenters. The van der Waals surface area contributed by atoms with Crippen LogP contribution in [-0.4, -0.2) is 43.4 Å². The number of carbonyl (C=O) groups is 2. The fraction of sp³-hybridized carbons (Fsp3) is 0.167. The van der Waals surface area contributed by atoms with Crippen molar-refractivity contribution in [1.29, 1.82) is 0 Å². The zero-order valence-electron chi connectivity index (χ0n) is 24.2. The number of anilines is 1. The van der Waals surface area contributed by atoms with Gasteiger partial charge in [0.05, 0.1) is 5.91 Å². The van der Waals surface area contributed by atoms with Crippen LogP contribution in [0.4, 0.5) is 10.2 Å². The number of hydrogen-bond acceptors (Lipinski definition) is 8. The Hall–Kier alpha value is -4.42. The molecule has 0 atom stereocenters. The quantitative estimate of drug-likeness (QED) is 0.0823. The van der Waals surface area contributed by atoms with Gasteiger partial charge in [0.15, 0.2) is 0 Å². The molecule has 11 nitrogen and oxygen atoms in total. The van der Waals surface area contributed by atoms with Gasteiger partial charge in [0.1, 0.15) is 11.6 Å². The van der Waals surface area contributed by atoms with Crippen LogP contribution in [0.2, 0.25) is 0 Å². The number of pyridine rings is 1. The van der Waals surface area contributed by atoms with E-state index >= 15 is 0 Å². The number of nitrogens with two attached hydrogens (primary N) is 3. The maximum absolute atomic E-state index is 13.2. The van der Waals surface area contributed by atoms with E-state index in [9.17, 15) is 9.18 Å². The Morgan fingerprint density at radius 2 is 1.74 bits per heavy atom. The van der Waals surface area contributed by atoms with Gasteiger partial charge in [0.25, 0.3) is 0 Å². The molecule has 1 heterocycles. The molecule has 0 saturated heterocycles. The first-order valence-corrected chi connectivity index (χ1v) is 12.8. The summed E-state index contributed by atoms with van der Waals surface area (Å²) in [5.74, 6) is -0.0446. The van der Waals surface area contributed by atoms with E-state index in [1.54, 1.807) is 57.0 Å². The SMILES string of the molecule is CC/C(=N/[N-]C(=O)/C(=C\NCc1ccc(F)cc1)c1ccc(-c2cc(/C(C=NC)=C/N)cnc2N)cc1)[N-]C.NC=O.[Y]. The average molecular weight is 661 g/mol. The van der Waals surface area contributed by atoms with E-state index < -0.39 is 5.91 Å². The van der Waals surface area contributed by atoms with Gasteiger partial charge in [0.2, 0.25) is 6.41 Å². The average Bonchev–Trinajstić information content (AvgIpc) is 3.00. The topological polar surface area (TPSA) is 190 Å². The number of primary amides is 1. The van der Waals surface area contributed by atoms with Crippen molar-refractivity contribution in [2.24, 2.45) is 21.6 Å². The summed E-state index contributed by atoms with van der Waals surface area (Å²) >= 11 is 0. The number of halogens is 1. The maximum atomic E-state index is 13.2. The van der Waals surface area contributed by atoms with Crippen LogP contribution in [0.15, 0.2) is 83.3 Å². The largest absolute Gasteiger partial charge is 0.655 e. The number of nitrogens with zero attached hydrogens (tertiary/aromatic N) is 5. The van der Waals surface area contributed by atoms with Crippen LogP contribution >= 0.6 is 0 Å². The molecule has 13 heteroatoms. The molecule has 0 aliphatic carbocycles. The van der Waals surface area contributed by atoms with Crippen molar-refractivity contribution in [2.45, 2.75) is 19.9 Å². The Morgan fingerprint density at radius 3 is 2.30 bits per heavy atom. The molecule has 0 fully saturated rings. The minimum absolute atomic E-state index is 0. The van der Waals surface area contributed by atoms with Gasteiger partial charge >= 0.3 is 0 Å². The molecule has 7 N–H and O–H groups in total. The molecule has 0 spiro atoms. The molecule has 223 valence electrons. The van der Waals surface area contributed by atoms with Crippen molar-refractivity contribution >= 4 is 41.3 Å². The second kappa shape index (κ2) is 19.7. The summed E-state index contributed by atoms with van der Waals surface area (Å²) in [6.07, 6.45) is 7.10. The molecule has 0 aliphatic heterocycles. The molecule has 0 saturated carbocycles. The zero-order chi connectivity index (χ0) is 30.9. The third-order valence-electron chi connectivity index (χ3n) is 5.73. The molecule has 1 radical (unpaired) electrons. The summed E-state index contributed by atoms with van der Waals surface area (Å²) in [4.78, 5) is 30.0. The van der Waals surface area contributed by atoms with Crippen molar-refractivity contribution in [3.05, 3.63) is 106 Å². The minimum atomic E-state index is -0.538. The van der Waals surface area contributed by atoms with Crippen LogP contribution in [0.3, 0.4) is 0 Å². The predicted molar refractivity (Wildman–Crippen MR) is 168 cm³/mol. The first kappa shape index (κ1) is 36.6. The summed E-state index contributed by atoms with van der Waals surface area (Å²) in [5, 5.41) is 11.1. The number of aromatic nitrogens is 1. The normalized spacial score (nSPS) is 11.6. The van der Waals surface area contributed by atoms with Crippen molar-refractivity contribution in [3.63, 3.8) is 0 Å². The number of hydrogen-bond donors (Lipinski definition) is 4. The summed E-state index contributed by atoms with van der Waals surface area (Å²) in [6.45, 7) is 2.26. The summed E-state index contributed by atoms with van der Waals surface area (Å²) in [5.41, 5.74) is 24.7. The number of nitrogen functional groups attached to an aromatic ring is 1. The summed E-state index contributed by atoms with van der Waals surface area (Å²) in [7, 11) is 3.26. The number of amidine groups is 1. The zero-order valence-corrected chi connectivity index (χ0v) is 27.1. The van der Waals surface area contributed by atoms with Crippen molar-refractivity contribution in [2.75, 3.05) is 19.8 Å². The van der Waals surface area contributed by atoms with Gasteiger partial charge in [0, 0.05) is 93.4 Å². The van der Waals surface area contributed by atoms with Gasteiger partial charge < -0.3 is 43.2 Å². The number of benzene rings is 2. The number of amides is 2. The maximum Gasteiger partial charge on any atom is 0.204 e. The van der Waals surface area contributed by atoms with E-state index in [1.807, 2.05) is 25.1 Å². The summed E-state index contributed by atoms with van der Waals surface area (Å²) < 4.78 is 13.2. The Kier molecular flexibility index (Phi) is 16.7. The van der Waals surface area contributed by atoms with Crippen LogP contribution in [0.1, 0.15) is 30.0 Å². The molecule has 3 aromatic rings. The minimum Gasteiger partial charge on any atom is -0.655 e. The molecule has 1 aromatic heterocycles. The van der Waals surface area contributed by atoms with Crippen LogP contribution in [-0.2, 0) is 48.8 Å². The van der Waals surface area contributed by atoms with Gasteiger partial charge in [-0.2, -0.15) is 0 Å². The number of allylic oxidation sites excluding steroid dienone is 1. The van der Waals surface area contributed by atoms with Crippen molar-refractivity contribution < 1.29 is 46.7 Å². The number of carbonyl (C=O) groups excluding carboxylic acids is 2. The van der Waals surface area contributed by atoms with E-state index in [4.69, 9.17) is 16.3 Å². The van der Waals surface area contributed by atoms with Crippen LogP contribution in [0, 0.1) is 5.82 Å². The molecule has 2 aromatic carbocycles. The Bertz CT molecular complexity index is 1450. The third-order valence-corrected chi connectivity index (χ3v) is 5.73. The van der Waals surface area contributed by atoms with Crippen LogP contribution < -0.4 is 22.5 Å². The van der Waals surface area contributed by atoms with E-state index in [0.717, 1.165) is 16.7 Å². The van der Waals surface area contributed by atoms with Crippen LogP contribution in [0.5, 0.6) is 0 Å². The second-order valence-corrected chi connectivity index (χ2v) is 8.44. The molecule has 0 aliphatic rings. The van der Waals surface area contributed by atoms with Crippen molar-refractivity contribution in [3.8, 4) is 11.1 Å². The standard InChI is InChI=1S/C29H32FN8O.CH3NO.Y/c1-4-27(34-3)37-38-29(39)26(18-35-15-19-5-11-24(30)12-6-19)21-9-7-20(8-10-21)25-13-22(17-36-28(25)32)23(14-31)16-33-2;2-1-3;/h5-14,16-18H,4,15H2,1-3H3,(H6-,31,32,33,34,35,36,37,38,39);1H,(H2,2,3);/q-1;;/p-1. The fourth-order valence-corrected chi connectivity index (χ4v) is 3.62. The first-order chi connectivity index (χ1) is 20.3.